The van der Waals surface area contributed by atoms with Gasteiger partial charge in [-0.1, -0.05) is 43.3 Å². The van der Waals surface area contributed by atoms with Crippen molar-refractivity contribution in [2.24, 2.45) is 5.92 Å². The zero-order chi connectivity index (χ0) is 27.6. The maximum atomic E-state index is 13.4. The van der Waals surface area contributed by atoms with Gasteiger partial charge in [-0.3, -0.25) is 19.4 Å². The molecule has 4 heterocycles. The highest BCUT2D eigenvalue weighted by Crippen LogP contribution is 2.29. The topological polar surface area (TPSA) is 73.9 Å². The zero-order valence-electron chi connectivity index (χ0n) is 23.6. The van der Waals surface area contributed by atoms with Gasteiger partial charge in [0, 0.05) is 36.5 Å². The number of Topliss-reactive ketones (excluding diaryl/α,β-unsaturated/α-hetero) is 1. The first-order chi connectivity index (χ1) is 19.4. The average molecular weight is 541 g/mol. The number of nitrogens with one attached hydrogen (secondary N) is 2. The van der Waals surface area contributed by atoms with Crippen molar-refractivity contribution >= 4 is 11.7 Å². The third-order valence-electron chi connectivity index (χ3n) is 8.86. The monoisotopic (exact) mass is 540 g/mol. The Balaban J connectivity index is 1.21. The van der Waals surface area contributed by atoms with Crippen LogP contribution in [-0.2, 0) is 16.1 Å². The average Bonchev–Trinajstić information content (AvgIpc) is 3.26. The normalized spacial score (nSPS) is 24.2. The van der Waals surface area contributed by atoms with Crippen molar-refractivity contribution in [2.45, 2.75) is 58.2 Å². The number of hydrogen-bond acceptors (Lipinski definition) is 6. The molecule has 7 heteroatoms. The molecule has 2 aromatic rings. The molecule has 0 bridgehead atoms. The summed E-state index contributed by atoms with van der Waals surface area (Å²) in [6.45, 7) is 9.90. The lowest BCUT2D eigenvalue weighted by Crippen LogP contribution is -2.50. The Morgan fingerprint density at radius 3 is 2.65 bits per heavy atom. The van der Waals surface area contributed by atoms with Gasteiger partial charge in [0.2, 0.25) is 5.78 Å². The molecular weight excluding hydrogens is 500 g/mol. The molecular formula is C33H40N4O3. The molecule has 2 aromatic carbocycles. The molecule has 4 aliphatic rings. The van der Waals surface area contributed by atoms with Gasteiger partial charge in [-0.15, -0.1) is 0 Å². The molecule has 2 fully saturated rings. The van der Waals surface area contributed by atoms with Crippen LogP contribution in [0.5, 0.6) is 0 Å². The minimum atomic E-state index is -0.496. The molecule has 0 aromatic heterocycles. The van der Waals surface area contributed by atoms with Crippen molar-refractivity contribution < 1.29 is 14.3 Å². The van der Waals surface area contributed by atoms with Gasteiger partial charge in [-0.25, -0.2) is 0 Å². The lowest BCUT2D eigenvalue weighted by Gasteiger charge is -2.42. The molecule has 6 rings (SSSR count). The molecule has 2 saturated heterocycles. The van der Waals surface area contributed by atoms with E-state index in [-0.39, 0.29) is 11.7 Å². The maximum Gasteiger partial charge on any atom is 0.255 e. The summed E-state index contributed by atoms with van der Waals surface area (Å²) in [6.07, 6.45) is 6.35. The first kappa shape index (κ1) is 26.8. The summed E-state index contributed by atoms with van der Waals surface area (Å²) in [5.41, 5.74) is 5.33. The Labute approximate surface area is 237 Å². The number of ether oxygens (including phenoxy) is 1. The Bertz CT molecular complexity index is 1330. The summed E-state index contributed by atoms with van der Waals surface area (Å²) in [6, 6.07) is 17.1. The van der Waals surface area contributed by atoms with E-state index in [1.165, 1.54) is 55.5 Å². The van der Waals surface area contributed by atoms with E-state index in [0.717, 1.165) is 25.6 Å². The number of amides is 1. The molecule has 0 spiro atoms. The summed E-state index contributed by atoms with van der Waals surface area (Å²) in [5.74, 6) is 1.14. The van der Waals surface area contributed by atoms with Crippen molar-refractivity contribution in [3.63, 3.8) is 0 Å². The van der Waals surface area contributed by atoms with Gasteiger partial charge in [0.05, 0.1) is 6.54 Å². The number of benzene rings is 2. The van der Waals surface area contributed by atoms with Gasteiger partial charge in [0.15, 0.2) is 6.10 Å². The standard InChI is InChI=1S/C33H40N4O3/c1-22-12-15-37(16-13-22)28-9-6-14-36(21-28)20-26-17-25(10-11-29(26)24-7-4-3-5-8-24)33(39)35-27-18-30-31(34-19-27)32(38)23(2)40-30/h3-5,7-8,10-11,17-18,22-23,28,34H,6,9,12-16,19-21H2,1-2H3,(H,35,39). The van der Waals surface area contributed by atoms with Crippen LogP contribution < -0.4 is 10.6 Å². The van der Waals surface area contributed by atoms with E-state index in [1.54, 1.807) is 13.0 Å². The van der Waals surface area contributed by atoms with E-state index in [4.69, 9.17) is 4.74 Å². The zero-order valence-corrected chi connectivity index (χ0v) is 23.6. The van der Waals surface area contributed by atoms with Gasteiger partial charge in [0.1, 0.15) is 11.5 Å². The van der Waals surface area contributed by atoms with Crippen LogP contribution in [0.3, 0.4) is 0 Å². The summed E-state index contributed by atoms with van der Waals surface area (Å²) >= 11 is 0. The Hall–Kier alpha value is -3.42. The second-order valence-electron chi connectivity index (χ2n) is 11.8. The number of rotatable bonds is 6. The van der Waals surface area contributed by atoms with Crippen molar-refractivity contribution in [3.05, 3.63) is 82.9 Å². The number of piperidine rings is 2. The third-order valence-corrected chi connectivity index (χ3v) is 8.86. The second-order valence-corrected chi connectivity index (χ2v) is 11.8. The smallest absolute Gasteiger partial charge is 0.255 e. The fourth-order valence-corrected chi connectivity index (χ4v) is 6.47. The van der Waals surface area contributed by atoms with Crippen LogP contribution in [0.4, 0.5) is 0 Å². The second kappa shape index (κ2) is 11.6. The van der Waals surface area contributed by atoms with Crippen molar-refractivity contribution in [1.29, 1.82) is 0 Å². The molecule has 4 aliphatic heterocycles. The number of allylic oxidation sites excluding steroid dienone is 1. The summed E-state index contributed by atoms with van der Waals surface area (Å²) in [7, 11) is 0. The highest BCUT2D eigenvalue weighted by molar-refractivity contribution is 6.01. The molecule has 7 nitrogen and oxygen atoms in total. The Kier molecular flexibility index (Phi) is 7.76. The highest BCUT2D eigenvalue weighted by Gasteiger charge is 2.33. The van der Waals surface area contributed by atoms with Gasteiger partial charge in [-0.05, 0) is 87.0 Å². The summed E-state index contributed by atoms with van der Waals surface area (Å²) in [4.78, 5) is 30.9. The number of carbonyl (C=O) groups is 2. The first-order valence-corrected chi connectivity index (χ1v) is 14.8. The minimum absolute atomic E-state index is 0.0486. The fraction of sp³-hybridized carbons (Fsp3) is 0.455. The van der Waals surface area contributed by atoms with E-state index >= 15 is 0 Å². The third kappa shape index (κ3) is 5.72. The lowest BCUT2D eigenvalue weighted by atomic mass is 9.94. The minimum Gasteiger partial charge on any atom is -0.480 e. The van der Waals surface area contributed by atoms with Crippen LogP contribution >= 0.6 is 0 Å². The van der Waals surface area contributed by atoms with Gasteiger partial charge in [0.25, 0.3) is 5.91 Å². The number of nitrogens with zero attached hydrogens (tertiary/aromatic N) is 2. The van der Waals surface area contributed by atoms with Gasteiger partial charge in [-0.2, -0.15) is 0 Å². The predicted molar refractivity (Wildman–Crippen MR) is 156 cm³/mol. The van der Waals surface area contributed by atoms with E-state index < -0.39 is 6.10 Å². The van der Waals surface area contributed by atoms with Crippen LogP contribution in [0.25, 0.3) is 11.1 Å². The molecule has 0 saturated carbocycles. The predicted octanol–water partition coefficient (Wildman–Crippen LogP) is 4.47. The van der Waals surface area contributed by atoms with Gasteiger partial charge >= 0.3 is 0 Å². The van der Waals surface area contributed by atoms with Crippen molar-refractivity contribution in [2.75, 3.05) is 32.7 Å². The molecule has 0 aliphatic carbocycles. The molecule has 2 unspecified atom stereocenters. The molecule has 1 amide bonds. The summed E-state index contributed by atoms with van der Waals surface area (Å²) < 4.78 is 5.65. The van der Waals surface area contributed by atoms with Crippen LogP contribution in [0, 0.1) is 5.92 Å². The van der Waals surface area contributed by atoms with E-state index in [9.17, 15) is 9.59 Å². The maximum absolute atomic E-state index is 13.4. The van der Waals surface area contributed by atoms with Crippen LogP contribution in [0.15, 0.2) is 71.8 Å². The largest absolute Gasteiger partial charge is 0.480 e. The Morgan fingerprint density at radius 2 is 1.85 bits per heavy atom. The quantitative estimate of drug-likeness (QED) is 0.564. The van der Waals surface area contributed by atoms with Crippen LogP contribution in [0.1, 0.15) is 55.5 Å². The van der Waals surface area contributed by atoms with Crippen LogP contribution in [0.2, 0.25) is 0 Å². The molecule has 2 atom stereocenters. The fourth-order valence-electron chi connectivity index (χ4n) is 6.47. The number of hydrogen-bond donors (Lipinski definition) is 2. The SMILES string of the molecule is CC1CCN(C2CCCN(Cc3cc(C(=O)NC4=CC5=C(NC4)C(=O)C(C)O5)ccc3-c3ccccc3)C2)CC1. The van der Waals surface area contributed by atoms with Crippen LogP contribution in [-0.4, -0.2) is 66.4 Å². The summed E-state index contributed by atoms with van der Waals surface area (Å²) in [5, 5.41) is 6.14. The Morgan fingerprint density at radius 1 is 1.05 bits per heavy atom. The molecule has 40 heavy (non-hydrogen) atoms. The molecule has 2 N–H and O–H groups in total. The molecule has 210 valence electrons. The first-order valence-electron chi connectivity index (χ1n) is 14.8. The van der Waals surface area contributed by atoms with Crippen molar-refractivity contribution in [3.8, 4) is 11.1 Å². The van der Waals surface area contributed by atoms with E-state index in [1.807, 2.05) is 12.1 Å². The number of carbonyl (C=O) groups excluding carboxylic acids is 2. The van der Waals surface area contributed by atoms with Crippen molar-refractivity contribution in [1.82, 2.24) is 20.4 Å². The number of dihydropyridines is 1. The number of ketones is 1. The van der Waals surface area contributed by atoms with E-state index in [0.29, 0.717) is 35.3 Å². The van der Waals surface area contributed by atoms with Gasteiger partial charge < -0.3 is 15.4 Å². The highest BCUT2D eigenvalue weighted by atomic mass is 16.5. The van der Waals surface area contributed by atoms with E-state index in [2.05, 4.69) is 63.8 Å². The molecule has 0 radical (unpaired) electrons. The lowest BCUT2D eigenvalue weighted by molar-refractivity contribution is -0.120. The number of likely N-dealkylation sites (tertiary alicyclic amines) is 2.